The van der Waals surface area contributed by atoms with Gasteiger partial charge in [0.2, 0.25) is 0 Å². The molecule has 368 valence electrons. The van der Waals surface area contributed by atoms with E-state index in [0.717, 1.165) is 44.8 Å². The third-order valence-corrected chi connectivity index (χ3v) is 36.1. The van der Waals surface area contributed by atoms with Crippen molar-refractivity contribution in [3.05, 3.63) is 239 Å². The average molecular weight is 1110 g/mol. The molecule has 2 aliphatic rings. The van der Waals surface area contributed by atoms with Gasteiger partial charge in [0.15, 0.2) is 0 Å². The van der Waals surface area contributed by atoms with Gasteiger partial charge in [0.25, 0.3) is 0 Å². The van der Waals surface area contributed by atoms with Crippen LogP contribution in [0.25, 0.3) is 89.5 Å². The molecule has 2 aliphatic heterocycles. The van der Waals surface area contributed by atoms with E-state index in [1.165, 1.54) is 24.3 Å². The van der Waals surface area contributed by atoms with Gasteiger partial charge in [-0.3, -0.25) is 0 Å². The summed E-state index contributed by atoms with van der Waals surface area (Å²) in [4.78, 5) is 71.0. The molecule has 6 N–H and O–H groups in total. The summed E-state index contributed by atoms with van der Waals surface area (Å²) in [6, 6.07) is 57.4. The number of carboxylic acid groups (broad SMARTS) is 4. The van der Waals surface area contributed by atoms with Crippen molar-refractivity contribution >= 4 is 126 Å². The van der Waals surface area contributed by atoms with Gasteiger partial charge >= 0.3 is 308 Å². The van der Waals surface area contributed by atoms with E-state index in [2.05, 4.69) is 44.2 Å². The first-order valence-electron chi connectivity index (χ1n) is 24.9. The summed E-state index contributed by atoms with van der Waals surface area (Å²) in [7, 11) is 0. The maximum atomic E-state index is 13.7. The van der Waals surface area contributed by atoms with Crippen LogP contribution >= 0.6 is 0 Å². The van der Waals surface area contributed by atoms with E-state index in [4.69, 9.17) is 0 Å². The summed E-state index contributed by atoms with van der Waals surface area (Å²) >= 11 is -6.66. The monoisotopic (exact) mass is 1110 g/mol. The minimum atomic E-state index is -6.66. The molecule has 13 heteroatoms. The Labute approximate surface area is 442 Å². The number of hydrogen-bond donors (Lipinski definition) is 6. The van der Waals surface area contributed by atoms with Gasteiger partial charge in [-0.1, -0.05) is 0 Å². The predicted octanol–water partition coefficient (Wildman–Crippen LogP) is 11.5. The molecule has 0 aliphatic carbocycles. The summed E-state index contributed by atoms with van der Waals surface area (Å²) in [6.45, 7) is 0. The maximum absolute atomic E-state index is 13.7. The Balaban J connectivity index is 0.000000205. The minimum absolute atomic E-state index is 0.160. The third kappa shape index (κ3) is 8.59. The van der Waals surface area contributed by atoms with E-state index in [0.29, 0.717) is 43.1 Å². The molecule has 0 radical (unpaired) electrons. The summed E-state index contributed by atoms with van der Waals surface area (Å²) in [5.41, 5.74) is 7.22. The van der Waals surface area contributed by atoms with E-state index >= 15 is 0 Å². The second-order valence-corrected chi connectivity index (χ2v) is 33.6. The van der Waals surface area contributed by atoms with Gasteiger partial charge in [-0.05, 0) is 72.8 Å². The Kier molecular flexibility index (Phi) is 12.2. The van der Waals surface area contributed by atoms with Crippen LogP contribution < -0.4 is 12.5 Å². The van der Waals surface area contributed by atoms with Gasteiger partial charge < -0.3 is 9.97 Å². The quantitative estimate of drug-likeness (QED) is 0.0794. The second kappa shape index (κ2) is 19.5. The predicted molar refractivity (Wildman–Crippen MR) is 301 cm³/mol. The first-order chi connectivity index (χ1) is 37.4. The van der Waals surface area contributed by atoms with Crippen LogP contribution in [0, 0.1) is 0 Å². The van der Waals surface area contributed by atoms with E-state index in [-0.39, 0.29) is 34.7 Å². The zero-order valence-electron chi connectivity index (χ0n) is 40.8. The number of rotatable bonds is 8. The standard InChI is InChI=1S/C20H14N4.4C11H7O2.Cd/c1-2-14-10-16-5-6-18(23-16)12-20-8-7-19(24-20)11-17-4-3-15(22-17)9-13(1)21-14;4*12-11(13)10-6-5-8-3-1-2-4-9(8)7-10;/h1-12,21,24H;4*1-6H,(H,12,13);. The van der Waals surface area contributed by atoms with E-state index in [9.17, 15) is 39.6 Å². The molecule has 77 heavy (non-hydrogen) atoms. The molecule has 0 unspecified atom stereocenters. The van der Waals surface area contributed by atoms with Crippen molar-refractivity contribution in [2.75, 3.05) is 0 Å². The van der Waals surface area contributed by atoms with Gasteiger partial charge in [-0.15, -0.1) is 0 Å². The zero-order chi connectivity index (χ0) is 53.0. The fourth-order valence-corrected chi connectivity index (χ4v) is 38.3. The topological polar surface area (TPSA) is 207 Å². The summed E-state index contributed by atoms with van der Waals surface area (Å²) in [5, 5.41) is 49.2. The molecule has 3 aromatic heterocycles. The molecule has 0 saturated carbocycles. The first kappa shape index (κ1) is 48.2. The van der Waals surface area contributed by atoms with Crippen LogP contribution in [-0.2, 0) is 21.2 Å². The number of nitrogens with zero attached hydrogens (tertiary/aromatic N) is 2. The summed E-state index contributed by atoms with van der Waals surface area (Å²) in [6.07, 6.45) is 8.09. The Morgan fingerprint density at radius 1 is 0.312 bits per heavy atom. The molecule has 0 atom stereocenters. The number of carboxylic acids is 4. The molecule has 0 spiro atoms. The van der Waals surface area contributed by atoms with Gasteiger partial charge in [0.05, 0.1) is 22.8 Å². The number of aromatic carboxylic acids is 4. The van der Waals surface area contributed by atoms with Crippen LogP contribution in [0.4, 0.5) is 0 Å². The summed E-state index contributed by atoms with van der Waals surface area (Å²) < 4.78 is 1.03. The van der Waals surface area contributed by atoms with Crippen LogP contribution in [0.2, 0.25) is 0 Å². The molecule has 8 aromatic carbocycles. The summed E-state index contributed by atoms with van der Waals surface area (Å²) in [5.74, 6) is -5.26. The molecule has 5 heterocycles. The number of hydrogen-bond acceptors (Lipinski definition) is 6. The van der Waals surface area contributed by atoms with E-state index in [1.807, 2.05) is 72.8 Å². The number of aromatic amines is 2. The van der Waals surface area contributed by atoms with E-state index in [1.54, 1.807) is 97.1 Å². The third-order valence-electron chi connectivity index (χ3n) is 15.2. The Bertz CT molecular complexity index is 4000. The Morgan fingerprint density at radius 2 is 0.545 bits per heavy atom. The molecule has 0 amide bonds. The second-order valence-electron chi connectivity index (χ2n) is 19.4. The number of benzene rings is 8. The Hall–Kier alpha value is -9.80. The van der Waals surface area contributed by atoms with Crippen molar-refractivity contribution in [3.8, 4) is 0 Å². The molecule has 12 nitrogen and oxygen atoms in total. The van der Waals surface area contributed by atoms with Gasteiger partial charge in [0.1, 0.15) is 0 Å². The molecular weight excluding hydrogens is 1070 g/mol. The van der Waals surface area contributed by atoms with Crippen molar-refractivity contribution in [1.82, 2.24) is 19.9 Å². The van der Waals surface area contributed by atoms with Gasteiger partial charge in [-0.2, -0.15) is 0 Å². The number of aromatic nitrogens is 4. The van der Waals surface area contributed by atoms with Crippen molar-refractivity contribution in [3.63, 3.8) is 0 Å². The van der Waals surface area contributed by atoms with Crippen molar-refractivity contribution in [2.24, 2.45) is 0 Å². The van der Waals surface area contributed by atoms with Gasteiger partial charge in [-0.25, -0.2) is 9.97 Å². The normalized spacial score (nSPS) is 11.7. The molecular formula is C64H42CdN4O8. The SMILES string of the molecule is C1=Cc2cc3ccc(cc4nc(cc5ccc(cc1n2)[nH]5)C=C4)[nH]3.O=C(O)c1ccc2ccccc2[c]1[Cd]([c]1c(C(=O)O)ccc2ccccc12)([c]1c(C(=O)O)ccc2ccccc12)[c]1c(C(=O)O)ccc2ccccc12. The van der Waals surface area contributed by atoms with Crippen molar-refractivity contribution < 1.29 is 60.8 Å². The van der Waals surface area contributed by atoms with Crippen LogP contribution in [0.3, 0.4) is 0 Å². The molecule has 0 fully saturated rings. The van der Waals surface area contributed by atoms with Crippen LogP contribution in [0.5, 0.6) is 0 Å². The average Bonchev–Trinajstić information content (AvgIpc) is 4.43. The Morgan fingerprint density at radius 3 is 0.779 bits per heavy atom. The van der Waals surface area contributed by atoms with Gasteiger partial charge in [0, 0.05) is 22.1 Å². The molecule has 8 bridgehead atoms. The molecule has 13 rings (SSSR count). The van der Waals surface area contributed by atoms with Crippen LogP contribution in [-0.4, -0.2) is 64.2 Å². The van der Waals surface area contributed by atoms with Crippen LogP contribution in [0.1, 0.15) is 64.2 Å². The van der Waals surface area contributed by atoms with E-state index < -0.39 is 45.0 Å². The zero-order valence-corrected chi connectivity index (χ0v) is 44.8. The number of nitrogens with one attached hydrogen (secondary N) is 2. The van der Waals surface area contributed by atoms with Crippen molar-refractivity contribution in [2.45, 2.75) is 0 Å². The first-order valence-corrected chi connectivity index (χ1v) is 33.0. The fraction of sp³-hybridized carbons (Fsp3) is 0. The molecule has 11 aromatic rings. The fourth-order valence-electron chi connectivity index (χ4n) is 12.4. The number of carbonyl (C=O) groups is 4. The number of fused-ring (bicyclic) bond motifs is 12. The van der Waals surface area contributed by atoms with Crippen molar-refractivity contribution in [1.29, 1.82) is 0 Å². The number of H-pyrrole nitrogens is 2. The van der Waals surface area contributed by atoms with Crippen LogP contribution in [0.15, 0.2) is 194 Å². The molecule has 0 saturated heterocycles.